The molecule has 7 heteroatoms. The van der Waals surface area contributed by atoms with E-state index in [9.17, 15) is 14.7 Å². The van der Waals surface area contributed by atoms with Gasteiger partial charge in [0.2, 0.25) is 5.88 Å². The fourth-order valence-electron chi connectivity index (χ4n) is 1.74. The van der Waals surface area contributed by atoms with Crippen molar-refractivity contribution in [3.63, 3.8) is 0 Å². The molecule has 17 heavy (non-hydrogen) atoms. The van der Waals surface area contributed by atoms with Gasteiger partial charge >= 0.3 is 5.69 Å². The molecule has 0 bridgehead atoms. The molecule has 7 nitrogen and oxygen atoms in total. The number of hydrogen-bond donors (Lipinski definition) is 3. The first-order valence-electron chi connectivity index (χ1n) is 5.51. The molecule has 1 aromatic rings. The summed E-state index contributed by atoms with van der Waals surface area (Å²) in [6.45, 7) is 1.69. The molecule has 2 heterocycles. The van der Waals surface area contributed by atoms with Crippen molar-refractivity contribution >= 4 is 6.21 Å². The molecule has 0 atom stereocenters. The minimum absolute atomic E-state index is 0.0322. The normalized spacial score (nSPS) is 16.6. The first-order chi connectivity index (χ1) is 8.16. The van der Waals surface area contributed by atoms with Crippen LogP contribution in [0.4, 0.5) is 0 Å². The zero-order chi connectivity index (χ0) is 12.3. The number of aromatic nitrogens is 2. The van der Waals surface area contributed by atoms with E-state index in [1.54, 1.807) is 0 Å². The maximum Gasteiger partial charge on any atom is 0.328 e. The molecule has 0 radical (unpaired) electrons. The van der Waals surface area contributed by atoms with Crippen LogP contribution in [0.5, 0.6) is 5.88 Å². The van der Waals surface area contributed by atoms with Gasteiger partial charge in [-0.3, -0.25) is 19.8 Å². The highest BCUT2D eigenvalue weighted by molar-refractivity contribution is 5.81. The molecule has 1 aliphatic heterocycles. The lowest BCUT2D eigenvalue weighted by atomic mass is 10.2. The van der Waals surface area contributed by atoms with Crippen molar-refractivity contribution < 1.29 is 5.11 Å². The van der Waals surface area contributed by atoms with Gasteiger partial charge in [-0.1, -0.05) is 0 Å². The monoisotopic (exact) mass is 238 g/mol. The highest BCUT2D eigenvalue weighted by Crippen LogP contribution is 2.09. The smallest absolute Gasteiger partial charge is 0.328 e. The van der Waals surface area contributed by atoms with Crippen molar-refractivity contribution in [2.24, 2.45) is 5.10 Å². The van der Waals surface area contributed by atoms with Crippen LogP contribution in [-0.2, 0) is 0 Å². The van der Waals surface area contributed by atoms with E-state index in [4.69, 9.17) is 0 Å². The lowest BCUT2D eigenvalue weighted by molar-refractivity contribution is 0.240. The molecule has 1 fully saturated rings. The Morgan fingerprint density at radius 3 is 2.53 bits per heavy atom. The topological polar surface area (TPSA) is 102 Å². The minimum Gasteiger partial charge on any atom is -0.494 e. The Balaban J connectivity index is 2.20. The van der Waals surface area contributed by atoms with Gasteiger partial charge < -0.3 is 5.11 Å². The second-order valence-corrected chi connectivity index (χ2v) is 3.93. The number of aromatic hydroxyl groups is 1. The van der Waals surface area contributed by atoms with Crippen LogP contribution in [0.25, 0.3) is 0 Å². The summed E-state index contributed by atoms with van der Waals surface area (Å²) < 4.78 is 0. The second-order valence-electron chi connectivity index (χ2n) is 3.93. The first kappa shape index (κ1) is 11.4. The Morgan fingerprint density at radius 1 is 1.18 bits per heavy atom. The Hall–Kier alpha value is -2.05. The summed E-state index contributed by atoms with van der Waals surface area (Å²) in [7, 11) is 0. The highest BCUT2D eigenvalue weighted by atomic mass is 16.3. The molecule has 1 aliphatic rings. The zero-order valence-corrected chi connectivity index (χ0v) is 9.27. The maximum absolute atomic E-state index is 11.4. The average Bonchev–Trinajstić information content (AvgIpc) is 2.29. The van der Waals surface area contributed by atoms with Crippen LogP contribution in [0.3, 0.4) is 0 Å². The minimum atomic E-state index is -0.734. The number of hydrogen-bond acceptors (Lipinski definition) is 5. The van der Waals surface area contributed by atoms with Crippen LogP contribution in [0.15, 0.2) is 14.7 Å². The van der Waals surface area contributed by atoms with E-state index in [-0.39, 0.29) is 5.56 Å². The third kappa shape index (κ3) is 2.74. The Kier molecular flexibility index (Phi) is 3.27. The van der Waals surface area contributed by atoms with Gasteiger partial charge in [-0.25, -0.2) is 4.79 Å². The molecule has 0 saturated carbocycles. The first-order valence-corrected chi connectivity index (χ1v) is 5.51. The molecule has 0 unspecified atom stereocenters. The van der Waals surface area contributed by atoms with Crippen LogP contribution in [0.2, 0.25) is 0 Å². The van der Waals surface area contributed by atoms with E-state index in [2.05, 4.69) is 10.1 Å². The van der Waals surface area contributed by atoms with Gasteiger partial charge in [0.15, 0.2) is 0 Å². The summed E-state index contributed by atoms with van der Waals surface area (Å²) >= 11 is 0. The average molecular weight is 238 g/mol. The van der Waals surface area contributed by atoms with Gasteiger partial charge in [-0.05, 0) is 19.3 Å². The van der Waals surface area contributed by atoms with Crippen molar-refractivity contribution in [1.82, 2.24) is 15.0 Å². The van der Waals surface area contributed by atoms with E-state index in [1.807, 2.05) is 9.99 Å². The number of H-pyrrole nitrogens is 2. The fraction of sp³-hybridized carbons (Fsp3) is 0.500. The quantitative estimate of drug-likeness (QED) is 0.609. The SMILES string of the molecule is O=c1[nH]c(O)c(/C=N/N2CCCCC2)c(=O)[nH]1. The third-order valence-corrected chi connectivity index (χ3v) is 2.64. The number of aromatic amines is 2. The number of piperidine rings is 1. The van der Waals surface area contributed by atoms with E-state index < -0.39 is 17.1 Å². The van der Waals surface area contributed by atoms with Crippen LogP contribution < -0.4 is 11.2 Å². The van der Waals surface area contributed by atoms with E-state index >= 15 is 0 Å². The van der Waals surface area contributed by atoms with Crippen molar-refractivity contribution in [2.45, 2.75) is 19.3 Å². The van der Waals surface area contributed by atoms with E-state index in [0.717, 1.165) is 25.9 Å². The molecule has 92 valence electrons. The molecular formula is C10H14N4O3. The van der Waals surface area contributed by atoms with Crippen molar-refractivity contribution in [3.8, 4) is 5.88 Å². The largest absolute Gasteiger partial charge is 0.494 e. The Labute approximate surface area is 96.8 Å². The molecular weight excluding hydrogens is 224 g/mol. The summed E-state index contributed by atoms with van der Waals surface area (Å²) in [5, 5.41) is 15.4. The number of nitrogens with zero attached hydrogens (tertiary/aromatic N) is 2. The fourth-order valence-corrected chi connectivity index (χ4v) is 1.74. The highest BCUT2D eigenvalue weighted by Gasteiger charge is 2.09. The molecule has 0 amide bonds. The molecule has 0 spiro atoms. The van der Waals surface area contributed by atoms with Gasteiger partial charge in [0.05, 0.1) is 6.21 Å². The number of hydrazone groups is 1. The third-order valence-electron chi connectivity index (χ3n) is 2.64. The van der Waals surface area contributed by atoms with Gasteiger partial charge in [-0.15, -0.1) is 0 Å². The van der Waals surface area contributed by atoms with Crippen LogP contribution in [-0.4, -0.2) is 39.4 Å². The molecule has 1 aromatic heterocycles. The van der Waals surface area contributed by atoms with Gasteiger partial charge in [0.1, 0.15) is 5.56 Å². The van der Waals surface area contributed by atoms with Gasteiger partial charge in [0, 0.05) is 13.1 Å². The summed E-state index contributed by atoms with van der Waals surface area (Å²) in [6, 6.07) is 0. The van der Waals surface area contributed by atoms with Crippen LogP contribution in [0.1, 0.15) is 24.8 Å². The molecule has 2 rings (SSSR count). The summed E-state index contributed by atoms with van der Waals surface area (Å²) in [4.78, 5) is 26.4. The number of nitrogens with one attached hydrogen (secondary N) is 2. The van der Waals surface area contributed by atoms with Crippen molar-refractivity contribution in [2.75, 3.05) is 13.1 Å². The Morgan fingerprint density at radius 2 is 1.88 bits per heavy atom. The lowest BCUT2D eigenvalue weighted by Crippen LogP contribution is -2.27. The van der Waals surface area contributed by atoms with Crippen LogP contribution in [0, 0.1) is 0 Å². The van der Waals surface area contributed by atoms with Crippen molar-refractivity contribution in [3.05, 3.63) is 26.4 Å². The maximum atomic E-state index is 11.4. The van der Waals surface area contributed by atoms with Gasteiger partial charge in [-0.2, -0.15) is 5.10 Å². The molecule has 1 saturated heterocycles. The van der Waals surface area contributed by atoms with E-state index in [0.29, 0.717) is 0 Å². The van der Waals surface area contributed by atoms with Crippen LogP contribution >= 0.6 is 0 Å². The summed E-state index contributed by atoms with van der Waals surface area (Å²) in [6.07, 6.45) is 4.61. The molecule has 3 N–H and O–H groups in total. The molecule has 0 aliphatic carbocycles. The van der Waals surface area contributed by atoms with Gasteiger partial charge in [0.25, 0.3) is 5.56 Å². The van der Waals surface area contributed by atoms with Crippen molar-refractivity contribution in [1.29, 1.82) is 0 Å². The lowest BCUT2D eigenvalue weighted by Gasteiger charge is -2.23. The molecule has 0 aromatic carbocycles. The summed E-state index contributed by atoms with van der Waals surface area (Å²) in [5.74, 6) is -0.459. The summed E-state index contributed by atoms with van der Waals surface area (Å²) in [5.41, 5.74) is -1.41. The predicted octanol–water partition coefficient (Wildman–Crippen LogP) is -0.411. The second kappa shape index (κ2) is 4.86. The predicted molar refractivity (Wildman–Crippen MR) is 62.4 cm³/mol. The Bertz CT molecular complexity index is 525. The standard InChI is InChI=1S/C10H14N4O3/c15-8-7(9(16)13-10(17)12-8)6-11-14-4-2-1-3-5-14/h6H,1-5H2,(H3,12,13,15,16,17)/b11-6+. The zero-order valence-electron chi connectivity index (χ0n) is 9.27. The number of rotatable bonds is 2. The van der Waals surface area contributed by atoms with E-state index in [1.165, 1.54) is 12.6 Å².